The highest BCUT2D eigenvalue weighted by Gasteiger charge is 2.26. The Labute approximate surface area is 115 Å². The zero-order chi connectivity index (χ0) is 14.1. The second-order valence-electron chi connectivity index (χ2n) is 4.79. The summed E-state index contributed by atoms with van der Waals surface area (Å²) < 4.78 is 5.72. The van der Waals surface area contributed by atoms with Crippen LogP contribution < -0.4 is 11.3 Å². The van der Waals surface area contributed by atoms with Gasteiger partial charge in [-0.15, -0.1) is 0 Å². The molecular weight excluding hydrogens is 258 g/mol. The number of amides is 2. The highest BCUT2D eigenvalue weighted by Crippen LogP contribution is 2.27. The number of nitrogen functional groups attached to an aromatic ring is 1. The molecule has 6 nitrogen and oxygen atoms in total. The minimum absolute atomic E-state index is 0.0876. The highest BCUT2D eigenvalue weighted by atomic mass is 16.3. The SMILES string of the molecule is NNC(=O)c1c(CN2CCCC2=O)oc2ccccc12. The Morgan fingerprint density at radius 2 is 2.20 bits per heavy atom. The van der Waals surface area contributed by atoms with Crippen LogP contribution in [0.1, 0.15) is 29.0 Å². The topological polar surface area (TPSA) is 88.6 Å². The summed E-state index contributed by atoms with van der Waals surface area (Å²) in [7, 11) is 0. The summed E-state index contributed by atoms with van der Waals surface area (Å²) in [5.74, 6) is 5.39. The van der Waals surface area contributed by atoms with Crippen molar-refractivity contribution in [1.82, 2.24) is 10.3 Å². The fourth-order valence-corrected chi connectivity index (χ4v) is 2.57. The number of hydrogen-bond donors (Lipinski definition) is 2. The molecule has 0 spiro atoms. The van der Waals surface area contributed by atoms with Gasteiger partial charge < -0.3 is 9.32 Å². The van der Waals surface area contributed by atoms with Crippen molar-refractivity contribution in [1.29, 1.82) is 0 Å². The fraction of sp³-hybridized carbons (Fsp3) is 0.286. The van der Waals surface area contributed by atoms with Crippen LogP contribution in [-0.2, 0) is 11.3 Å². The minimum atomic E-state index is -0.406. The Bertz CT molecular complexity index is 677. The number of hydrogen-bond acceptors (Lipinski definition) is 4. The average molecular weight is 273 g/mol. The molecule has 3 N–H and O–H groups in total. The van der Waals surface area contributed by atoms with Gasteiger partial charge in [-0.2, -0.15) is 0 Å². The van der Waals surface area contributed by atoms with Crippen molar-refractivity contribution in [2.24, 2.45) is 5.84 Å². The molecule has 1 aliphatic heterocycles. The van der Waals surface area contributed by atoms with Gasteiger partial charge >= 0.3 is 0 Å². The molecular formula is C14H15N3O3. The maximum Gasteiger partial charge on any atom is 0.269 e. The van der Waals surface area contributed by atoms with Gasteiger partial charge in [0.15, 0.2) is 0 Å². The monoisotopic (exact) mass is 273 g/mol. The molecule has 104 valence electrons. The number of rotatable bonds is 3. The van der Waals surface area contributed by atoms with Crippen molar-refractivity contribution in [2.45, 2.75) is 19.4 Å². The third-order valence-corrected chi connectivity index (χ3v) is 3.53. The molecule has 20 heavy (non-hydrogen) atoms. The number of nitrogens with zero attached hydrogens (tertiary/aromatic N) is 1. The number of fused-ring (bicyclic) bond motifs is 1. The molecule has 2 aromatic rings. The van der Waals surface area contributed by atoms with Crippen LogP contribution in [0, 0.1) is 0 Å². The van der Waals surface area contributed by atoms with Gasteiger partial charge in [0, 0.05) is 18.4 Å². The van der Waals surface area contributed by atoms with Gasteiger partial charge in [-0.05, 0) is 12.5 Å². The number of carbonyl (C=O) groups is 2. The van der Waals surface area contributed by atoms with Crippen molar-refractivity contribution in [2.75, 3.05) is 6.54 Å². The number of nitrogens with two attached hydrogens (primary N) is 1. The summed E-state index contributed by atoms with van der Waals surface area (Å²) in [6.07, 6.45) is 1.40. The summed E-state index contributed by atoms with van der Waals surface area (Å²) in [6.45, 7) is 0.996. The van der Waals surface area contributed by atoms with Gasteiger partial charge in [0.25, 0.3) is 5.91 Å². The van der Waals surface area contributed by atoms with Gasteiger partial charge in [-0.1, -0.05) is 18.2 Å². The van der Waals surface area contributed by atoms with E-state index in [4.69, 9.17) is 10.3 Å². The molecule has 2 heterocycles. The van der Waals surface area contributed by atoms with Crippen LogP contribution in [0.5, 0.6) is 0 Å². The molecule has 1 aromatic carbocycles. The van der Waals surface area contributed by atoms with Gasteiger partial charge in [0.1, 0.15) is 11.3 Å². The number of likely N-dealkylation sites (tertiary alicyclic amines) is 1. The first-order chi connectivity index (χ1) is 9.70. The van der Waals surface area contributed by atoms with E-state index >= 15 is 0 Å². The molecule has 0 bridgehead atoms. The van der Waals surface area contributed by atoms with Crippen LogP contribution in [-0.4, -0.2) is 23.3 Å². The van der Waals surface area contributed by atoms with E-state index in [0.29, 0.717) is 41.8 Å². The molecule has 0 radical (unpaired) electrons. The first-order valence-electron chi connectivity index (χ1n) is 6.50. The van der Waals surface area contributed by atoms with Crippen molar-refractivity contribution < 1.29 is 14.0 Å². The molecule has 1 aromatic heterocycles. The van der Waals surface area contributed by atoms with Gasteiger partial charge in [-0.3, -0.25) is 15.0 Å². The lowest BCUT2D eigenvalue weighted by atomic mass is 10.1. The van der Waals surface area contributed by atoms with E-state index in [2.05, 4.69) is 5.43 Å². The first kappa shape index (κ1) is 12.7. The van der Waals surface area contributed by atoms with E-state index in [1.807, 2.05) is 12.1 Å². The molecule has 0 saturated carbocycles. The van der Waals surface area contributed by atoms with E-state index in [9.17, 15) is 9.59 Å². The number of hydrazine groups is 1. The fourth-order valence-electron chi connectivity index (χ4n) is 2.57. The second kappa shape index (κ2) is 4.97. The Kier molecular flexibility index (Phi) is 3.15. The van der Waals surface area contributed by atoms with Crippen molar-refractivity contribution in [3.8, 4) is 0 Å². The third kappa shape index (κ3) is 2.04. The number of carbonyl (C=O) groups excluding carboxylic acids is 2. The Morgan fingerprint density at radius 1 is 1.40 bits per heavy atom. The second-order valence-corrected chi connectivity index (χ2v) is 4.79. The molecule has 1 saturated heterocycles. The van der Waals surface area contributed by atoms with Crippen LogP contribution in [0.4, 0.5) is 0 Å². The quantitative estimate of drug-likeness (QED) is 0.499. The molecule has 1 fully saturated rings. The number of furan rings is 1. The Morgan fingerprint density at radius 3 is 2.90 bits per heavy atom. The van der Waals surface area contributed by atoms with Crippen molar-refractivity contribution >= 4 is 22.8 Å². The highest BCUT2D eigenvalue weighted by molar-refractivity contribution is 6.07. The minimum Gasteiger partial charge on any atom is -0.458 e. The maximum absolute atomic E-state index is 12.0. The molecule has 3 rings (SSSR count). The molecule has 1 aliphatic rings. The van der Waals surface area contributed by atoms with Crippen molar-refractivity contribution in [3.05, 3.63) is 35.6 Å². The summed E-state index contributed by atoms with van der Waals surface area (Å²) in [4.78, 5) is 25.4. The summed E-state index contributed by atoms with van der Waals surface area (Å²) >= 11 is 0. The lowest BCUT2D eigenvalue weighted by molar-refractivity contribution is -0.128. The summed E-state index contributed by atoms with van der Waals surface area (Å²) in [5, 5.41) is 0.706. The lowest BCUT2D eigenvalue weighted by Gasteiger charge is -2.14. The van der Waals surface area contributed by atoms with E-state index in [0.717, 1.165) is 6.42 Å². The number of nitrogens with one attached hydrogen (secondary N) is 1. The largest absolute Gasteiger partial charge is 0.458 e. The van der Waals surface area contributed by atoms with Gasteiger partial charge in [0.2, 0.25) is 5.91 Å². The van der Waals surface area contributed by atoms with E-state index < -0.39 is 5.91 Å². The third-order valence-electron chi connectivity index (χ3n) is 3.53. The molecule has 6 heteroatoms. The smallest absolute Gasteiger partial charge is 0.269 e. The standard InChI is InChI=1S/C14H15N3O3/c15-16-14(19)13-9-4-1-2-5-10(9)20-11(13)8-17-7-3-6-12(17)18/h1-2,4-5H,3,6-8,15H2,(H,16,19). The summed E-state index contributed by atoms with van der Waals surface area (Å²) in [6, 6.07) is 7.26. The first-order valence-corrected chi connectivity index (χ1v) is 6.50. The van der Waals surface area contributed by atoms with Crippen LogP contribution in [0.3, 0.4) is 0 Å². The van der Waals surface area contributed by atoms with Crippen LogP contribution in [0.25, 0.3) is 11.0 Å². The van der Waals surface area contributed by atoms with Gasteiger partial charge in [0.05, 0.1) is 12.1 Å². The molecule has 0 unspecified atom stereocenters. The van der Waals surface area contributed by atoms with Crippen LogP contribution >= 0.6 is 0 Å². The Balaban J connectivity index is 2.04. The van der Waals surface area contributed by atoms with E-state index in [-0.39, 0.29) is 5.91 Å². The average Bonchev–Trinajstić information content (AvgIpc) is 3.02. The Hall–Kier alpha value is -2.34. The van der Waals surface area contributed by atoms with Crippen molar-refractivity contribution in [3.63, 3.8) is 0 Å². The van der Waals surface area contributed by atoms with Gasteiger partial charge in [-0.25, -0.2) is 5.84 Å². The molecule has 2 amide bonds. The zero-order valence-corrected chi connectivity index (χ0v) is 10.9. The predicted octanol–water partition coefficient (Wildman–Crippen LogP) is 1.16. The van der Waals surface area contributed by atoms with Crippen LogP contribution in [0.2, 0.25) is 0 Å². The van der Waals surface area contributed by atoms with E-state index in [1.165, 1.54) is 0 Å². The molecule has 0 aliphatic carbocycles. The number of para-hydroxylation sites is 1. The van der Waals surface area contributed by atoms with E-state index in [1.54, 1.807) is 17.0 Å². The maximum atomic E-state index is 12.0. The number of benzene rings is 1. The lowest BCUT2D eigenvalue weighted by Crippen LogP contribution is -2.31. The normalized spacial score (nSPS) is 15.1. The zero-order valence-electron chi connectivity index (χ0n) is 10.9. The van der Waals surface area contributed by atoms with Crippen LogP contribution in [0.15, 0.2) is 28.7 Å². The summed E-state index contributed by atoms with van der Waals surface area (Å²) in [5.41, 5.74) is 3.16. The molecule has 0 atom stereocenters. The predicted molar refractivity (Wildman–Crippen MR) is 72.5 cm³/mol.